The Morgan fingerprint density at radius 1 is 1.11 bits per heavy atom. The van der Waals surface area contributed by atoms with E-state index in [1.54, 1.807) is 0 Å². The first-order valence-corrected chi connectivity index (χ1v) is 7.87. The lowest BCUT2D eigenvalue weighted by molar-refractivity contribution is 0.533. The van der Waals surface area contributed by atoms with E-state index in [4.69, 9.17) is 5.73 Å². The Labute approximate surface area is 118 Å². The zero-order valence-electron chi connectivity index (χ0n) is 12.3. The van der Waals surface area contributed by atoms with Gasteiger partial charge >= 0.3 is 0 Å². The Morgan fingerprint density at radius 2 is 1.84 bits per heavy atom. The topological polar surface area (TPSA) is 29.3 Å². The summed E-state index contributed by atoms with van der Waals surface area (Å²) in [6.45, 7) is 4.42. The Hall–Kier alpha value is -1.02. The number of hydrogen-bond acceptors (Lipinski definition) is 2. The third kappa shape index (κ3) is 3.97. The van der Waals surface area contributed by atoms with Gasteiger partial charge in [0, 0.05) is 18.3 Å². The van der Waals surface area contributed by atoms with Crippen molar-refractivity contribution in [3.05, 3.63) is 29.8 Å². The highest BCUT2D eigenvalue weighted by Gasteiger charge is 2.21. The van der Waals surface area contributed by atoms with E-state index in [0.29, 0.717) is 6.04 Å². The van der Waals surface area contributed by atoms with Crippen molar-refractivity contribution in [1.29, 1.82) is 0 Å². The van der Waals surface area contributed by atoms with E-state index in [2.05, 4.69) is 36.1 Å². The van der Waals surface area contributed by atoms with Crippen molar-refractivity contribution < 1.29 is 0 Å². The third-order valence-corrected chi connectivity index (χ3v) is 4.27. The molecule has 2 heteroatoms. The standard InChI is InChI=1S/C17H28N2/c1-15-11-12-16-9-5-6-10-17(16)19(15)14-8-4-2-3-7-13-18/h5-6,9-10,15H,2-4,7-8,11-14,18H2,1H3. The molecule has 0 aromatic heterocycles. The minimum absolute atomic E-state index is 0.693. The van der Waals surface area contributed by atoms with Crippen LogP contribution < -0.4 is 10.6 Å². The lowest BCUT2D eigenvalue weighted by Crippen LogP contribution is -2.37. The maximum atomic E-state index is 5.52. The van der Waals surface area contributed by atoms with Crippen LogP contribution in [0.5, 0.6) is 0 Å². The number of aryl methyl sites for hydroxylation is 1. The van der Waals surface area contributed by atoms with E-state index in [9.17, 15) is 0 Å². The highest BCUT2D eigenvalue weighted by Crippen LogP contribution is 2.30. The van der Waals surface area contributed by atoms with Crippen LogP contribution in [-0.4, -0.2) is 19.1 Å². The van der Waals surface area contributed by atoms with E-state index >= 15 is 0 Å². The van der Waals surface area contributed by atoms with Crippen LogP contribution in [0.4, 0.5) is 5.69 Å². The quantitative estimate of drug-likeness (QED) is 0.757. The molecule has 1 aliphatic heterocycles. The molecule has 1 unspecified atom stereocenters. The Balaban J connectivity index is 1.82. The fourth-order valence-corrected chi connectivity index (χ4v) is 3.06. The normalized spacial score (nSPS) is 18.4. The number of nitrogens with zero attached hydrogens (tertiary/aromatic N) is 1. The summed E-state index contributed by atoms with van der Waals surface area (Å²) in [5.41, 5.74) is 8.53. The number of unbranched alkanes of at least 4 members (excludes halogenated alkanes) is 4. The first-order chi connectivity index (χ1) is 9.33. The van der Waals surface area contributed by atoms with Crippen molar-refractivity contribution in [2.45, 2.75) is 57.9 Å². The Morgan fingerprint density at radius 3 is 2.68 bits per heavy atom. The smallest absolute Gasteiger partial charge is 0.0401 e. The molecule has 0 saturated carbocycles. The Bertz CT molecular complexity index is 375. The van der Waals surface area contributed by atoms with Crippen LogP contribution in [0.15, 0.2) is 24.3 Å². The summed E-state index contributed by atoms with van der Waals surface area (Å²) in [7, 11) is 0. The van der Waals surface area contributed by atoms with Crippen LogP contribution >= 0.6 is 0 Å². The number of anilines is 1. The van der Waals surface area contributed by atoms with E-state index in [1.165, 1.54) is 62.7 Å². The van der Waals surface area contributed by atoms with Gasteiger partial charge in [-0.2, -0.15) is 0 Å². The number of benzene rings is 1. The summed E-state index contributed by atoms with van der Waals surface area (Å²) in [5.74, 6) is 0. The van der Waals surface area contributed by atoms with Gasteiger partial charge in [-0.25, -0.2) is 0 Å². The monoisotopic (exact) mass is 260 g/mol. The molecule has 2 nitrogen and oxygen atoms in total. The minimum atomic E-state index is 0.693. The molecule has 1 aromatic rings. The van der Waals surface area contributed by atoms with Gasteiger partial charge in [0.05, 0.1) is 0 Å². The molecule has 106 valence electrons. The van der Waals surface area contributed by atoms with Crippen LogP contribution in [0.25, 0.3) is 0 Å². The molecule has 1 aliphatic rings. The van der Waals surface area contributed by atoms with Crippen molar-refractivity contribution in [2.24, 2.45) is 5.73 Å². The summed E-state index contributed by atoms with van der Waals surface area (Å²) < 4.78 is 0. The summed E-state index contributed by atoms with van der Waals surface area (Å²) in [4.78, 5) is 2.61. The maximum absolute atomic E-state index is 5.52. The second-order valence-electron chi connectivity index (χ2n) is 5.77. The van der Waals surface area contributed by atoms with Crippen molar-refractivity contribution in [2.75, 3.05) is 18.0 Å². The molecule has 19 heavy (non-hydrogen) atoms. The zero-order chi connectivity index (χ0) is 13.5. The predicted molar refractivity (Wildman–Crippen MR) is 83.7 cm³/mol. The summed E-state index contributed by atoms with van der Waals surface area (Å²) in [6, 6.07) is 9.61. The van der Waals surface area contributed by atoms with Crippen LogP contribution in [0.1, 0.15) is 51.0 Å². The number of hydrogen-bond donors (Lipinski definition) is 1. The maximum Gasteiger partial charge on any atom is 0.0401 e. The van der Waals surface area contributed by atoms with Crippen molar-refractivity contribution in [3.63, 3.8) is 0 Å². The van der Waals surface area contributed by atoms with Gasteiger partial charge in [-0.15, -0.1) is 0 Å². The van der Waals surface area contributed by atoms with Gasteiger partial charge in [-0.1, -0.05) is 37.5 Å². The minimum Gasteiger partial charge on any atom is -0.369 e. The predicted octanol–water partition coefficient (Wildman–Crippen LogP) is 3.74. The number of para-hydroxylation sites is 1. The molecule has 2 N–H and O–H groups in total. The molecule has 0 saturated heterocycles. The van der Waals surface area contributed by atoms with E-state index < -0.39 is 0 Å². The number of rotatable bonds is 7. The molecule has 0 fully saturated rings. The molecule has 0 bridgehead atoms. The molecule has 2 rings (SSSR count). The van der Waals surface area contributed by atoms with Crippen LogP contribution in [0.2, 0.25) is 0 Å². The highest BCUT2D eigenvalue weighted by molar-refractivity contribution is 5.56. The van der Waals surface area contributed by atoms with Crippen molar-refractivity contribution in [1.82, 2.24) is 0 Å². The summed E-state index contributed by atoms with van der Waals surface area (Å²) in [5, 5.41) is 0. The molecule has 0 spiro atoms. The first-order valence-electron chi connectivity index (χ1n) is 7.87. The molecular formula is C17H28N2. The average Bonchev–Trinajstić information content (AvgIpc) is 2.44. The number of fused-ring (bicyclic) bond motifs is 1. The fourth-order valence-electron chi connectivity index (χ4n) is 3.06. The SMILES string of the molecule is CC1CCc2ccccc2N1CCCCCCCN. The molecule has 1 aromatic carbocycles. The molecule has 1 heterocycles. The van der Waals surface area contributed by atoms with Gasteiger partial charge in [0.2, 0.25) is 0 Å². The second-order valence-corrected chi connectivity index (χ2v) is 5.77. The average molecular weight is 260 g/mol. The lowest BCUT2D eigenvalue weighted by Gasteiger charge is -2.37. The van der Waals surface area contributed by atoms with Gasteiger partial charge in [-0.3, -0.25) is 0 Å². The van der Waals surface area contributed by atoms with Crippen LogP contribution in [0.3, 0.4) is 0 Å². The second kappa shape index (κ2) is 7.54. The van der Waals surface area contributed by atoms with Crippen LogP contribution in [-0.2, 0) is 6.42 Å². The van der Waals surface area contributed by atoms with Crippen molar-refractivity contribution in [3.8, 4) is 0 Å². The number of nitrogens with two attached hydrogens (primary N) is 1. The van der Waals surface area contributed by atoms with E-state index in [1.807, 2.05) is 0 Å². The highest BCUT2D eigenvalue weighted by atomic mass is 15.2. The van der Waals surface area contributed by atoms with Crippen molar-refractivity contribution >= 4 is 5.69 Å². The summed E-state index contributed by atoms with van der Waals surface area (Å²) in [6.07, 6.45) is 9.00. The molecule has 0 radical (unpaired) electrons. The zero-order valence-corrected chi connectivity index (χ0v) is 12.3. The van der Waals surface area contributed by atoms with Gasteiger partial charge in [-0.05, 0) is 50.8 Å². The van der Waals surface area contributed by atoms with Crippen LogP contribution in [0, 0.1) is 0 Å². The van der Waals surface area contributed by atoms with E-state index in [0.717, 1.165) is 6.54 Å². The molecule has 0 aliphatic carbocycles. The van der Waals surface area contributed by atoms with E-state index in [-0.39, 0.29) is 0 Å². The molecular weight excluding hydrogens is 232 g/mol. The van der Waals surface area contributed by atoms with Gasteiger partial charge in [0.1, 0.15) is 0 Å². The third-order valence-electron chi connectivity index (χ3n) is 4.27. The first kappa shape index (κ1) is 14.4. The van der Waals surface area contributed by atoms with Gasteiger partial charge < -0.3 is 10.6 Å². The largest absolute Gasteiger partial charge is 0.369 e. The lowest BCUT2D eigenvalue weighted by atomic mass is 9.96. The van der Waals surface area contributed by atoms with Gasteiger partial charge in [0.15, 0.2) is 0 Å². The fraction of sp³-hybridized carbons (Fsp3) is 0.647. The summed E-state index contributed by atoms with van der Waals surface area (Å²) >= 11 is 0. The Kier molecular flexibility index (Phi) is 5.71. The van der Waals surface area contributed by atoms with Gasteiger partial charge in [0.25, 0.3) is 0 Å². The molecule has 0 amide bonds. The molecule has 1 atom stereocenters.